The van der Waals surface area contributed by atoms with Crippen molar-refractivity contribution in [3.63, 3.8) is 0 Å². The molecule has 1 aromatic carbocycles. The summed E-state index contributed by atoms with van der Waals surface area (Å²) in [6, 6.07) is 9.68. The summed E-state index contributed by atoms with van der Waals surface area (Å²) in [5.74, 6) is 0.652. The molecule has 94 valence electrons. The fraction of sp³-hybridized carbons (Fsp3) is 0.571. The van der Waals surface area contributed by atoms with Gasteiger partial charge < -0.3 is 15.2 Å². The average Bonchev–Trinajstić information content (AvgIpc) is 2.41. The van der Waals surface area contributed by atoms with Gasteiger partial charge in [0.2, 0.25) is 0 Å². The summed E-state index contributed by atoms with van der Waals surface area (Å²) in [5.41, 5.74) is 0.929. The van der Waals surface area contributed by atoms with E-state index in [1.165, 1.54) is 12.8 Å². The monoisotopic (exact) mass is 235 g/mol. The van der Waals surface area contributed by atoms with Gasteiger partial charge in [-0.2, -0.15) is 0 Å². The summed E-state index contributed by atoms with van der Waals surface area (Å²) in [6.07, 6.45) is 1.86. The highest BCUT2D eigenvalue weighted by Crippen LogP contribution is 2.15. The molecule has 1 atom stereocenters. The lowest BCUT2D eigenvalue weighted by molar-refractivity contribution is 0.0157. The van der Waals surface area contributed by atoms with Crippen molar-refractivity contribution in [1.29, 1.82) is 0 Å². The highest BCUT2D eigenvalue weighted by atomic mass is 16.5. The first-order valence-electron chi connectivity index (χ1n) is 6.38. The molecule has 3 nitrogen and oxygen atoms in total. The number of hydrogen-bond acceptors (Lipinski definition) is 3. The van der Waals surface area contributed by atoms with Gasteiger partial charge in [-0.1, -0.05) is 30.3 Å². The van der Waals surface area contributed by atoms with Crippen molar-refractivity contribution in [2.24, 2.45) is 5.92 Å². The second kappa shape index (κ2) is 6.74. The summed E-state index contributed by atoms with van der Waals surface area (Å²) >= 11 is 0. The third kappa shape index (κ3) is 4.11. The van der Waals surface area contributed by atoms with E-state index in [-0.39, 0.29) is 0 Å². The minimum absolute atomic E-state index is 0.397. The van der Waals surface area contributed by atoms with Crippen molar-refractivity contribution in [3.8, 4) is 0 Å². The van der Waals surface area contributed by atoms with Crippen LogP contribution in [0.2, 0.25) is 0 Å². The molecule has 0 amide bonds. The lowest BCUT2D eigenvalue weighted by Gasteiger charge is -2.23. The van der Waals surface area contributed by atoms with E-state index >= 15 is 0 Å². The van der Waals surface area contributed by atoms with Crippen molar-refractivity contribution in [1.82, 2.24) is 5.32 Å². The molecular formula is C14H21NO2. The van der Waals surface area contributed by atoms with Crippen LogP contribution in [0.25, 0.3) is 0 Å². The van der Waals surface area contributed by atoms with Crippen LogP contribution in [0.5, 0.6) is 0 Å². The summed E-state index contributed by atoms with van der Waals surface area (Å²) in [4.78, 5) is 0. The molecule has 0 saturated carbocycles. The minimum Gasteiger partial charge on any atom is -0.386 e. The van der Waals surface area contributed by atoms with Gasteiger partial charge in [0, 0.05) is 6.61 Å². The van der Waals surface area contributed by atoms with E-state index in [0.717, 1.165) is 25.3 Å². The fourth-order valence-electron chi connectivity index (χ4n) is 2.17. The predicted octanol–water partition coefficient (Wildman–Crippen LogP) is 1.74. The van der Waals surface area contributed by atoms with Crippen LogP contribution in [-0.2, 0) is 4.74 Å². The van der Waals surface area contributed by atoms with Crippen LogP contribution in [0.4, 0.5) is 0 Å². The summed E-state index contributed by atoms with van der Waals surface area (Å²) < 4.78 is 5.61. The number of ether oxygens (including phenoxy) is 1. The van der Waals surface area contributed by atoms with E-state index in [0.29, 0.717) is 12.5 Å². The van der Waals surface area contributed by atoms with Crippen LogP contribution in [0, 0.1) is 5.92 Å². The van der Waals surface area contributed by atoms with Gasteiger partial charge in [0.25, 0.3) is 0 Å². The standard InChI is InChI=1S/C14H21NO2/c16-14(13-4-2-1-3-5-13)11-17-10-12-6-8-15-9-7-12/h1-5,12,14-16H,6-11H2. The van der Waals surface area contributed by atoms with E-state index in [4.69, 9.17) is 4.74 Å². The zero-order valence-electron chi connectivity index (χ0n) is 10.1. The molecule has 0 spiro atoms. The molecule has 2 N–H and O–H groups in total. The van der Waals surface area contributed by atoms with Crippen molar-refractivity contribution in [2.45, 2.75) is 18.9 Å². The smallest absolute Gasteiger partial charge is 0.102 e. The Balaban J connectivity index is 1.67. The maximum atomic E-state index is 9.91. The van der Waals surface area contributed by atoms with Crippen molar-refractivity contribution in [3.05, 3.63) is 35.9 Å². The number of nitrogens with one attached hydrogen (secondary N) is 1. The highest BCUT2D eigenvalue weighted by molar-refractivity contribution is 5.17. The molecule has 1 aliphatic heterocycles. The largest absolute Gasteiger partial charge is 0.386 e. The van der Waals surface area contributed by atoms with Crippen LogP contribution >= 0.6 is 0 Å². The first kappa shape index (κ1) is 12.6. The molecule has 1 fully saturated rings. The maximum absolute atomic E-state index is 9.91. The first-order valence-corrected chi connectivity index (χ1v) is 6.38. The van der Waals surface area contributed by atoms with E-state index in [1.54, 1.807) is 0 Å². The number of benzene rings is 1. The number of hydrogen-bond donors (Lipinski definition) is 2. The Bertz CT molecular complexity index is 309. The van der Waals surface area contributed by atoms with E-state index < -0.39 is 6.10 Å². The van der Waals surface area contributed by atoms with Gasteiger partial charge in [0.15, 0.2) is 0 Å². The van der Waals surface area contributed by atoms with Gasteiger partial charge in [-0.3, -0.25) is 0 Å². The molecular weight excluding hydrogens is 214 g/mol. The lowest BCUT2D eigenvalue weighted by Crippen LogP contribution is -2.30. The summed E-state index contributed by atoms with van der Waals surface area (Å²) in [5, 5.41) is 13.2. The fourth-order valence-corrected chi connectivity index (χ4v) is 2.17. The SMILES string of the molecule is OC(COCC1CCNCC1)c1ccccc1. The molecule has 1 heterocycles. The highest BCUT2D eigenvalue weighted by Gasteiger charge is 2.14. The Morgan fingerprint density at radius 3 is 2.65 bits per heavy atom. The predicted molar refractivity (Wildman–Crippen MR) is 67.8 cm³/mol. The molecule has 0 aromatic heterocycles. The van der Waals surface area contributed by atoms with Crippen molar-refractivity contribution in [2.75, 3.05) is 26.3 Å². The summed E-state index contributed by atoms with van der Waals surface area (Å²) in [6.45, 7) is 3.35. The van der Waals surface area contributed by atoms with Crippen molar-refractivity contribution < 1.29 is 9.84 Å². The zero-order chi connectivity index (χ0) is 11.9. The topological polar surface area (TPSA) is 41.5 Å². The second-order valence-electron chi connectivity index (χ2n) is 4.66. The Kier molecular flexibility index (Phi) is 4.98. The van der Waals surface area contributed by atoms with Gasteiger partial charge >= 0.3 is 0 Å². The average molecular weight is 235 g/mol. The van der Waals surface area contributed by atoms with Gasteiger partial charge in [0.1, 0.15) is 6.10 Å². The van der Waals surface area contributed by atoms with Gasteiger partial charge in [0.05, 0.1) is 6.61 Å². The van der Waals surface area contributed by atoms with Gasteiger partial charge in [-0.15, -0.1) is 0 Å². The van der Waals surface area contributed by atoms with Gasteiger partial charge in [-0.05, 0) is 37.4 Å². The Morgan fingerprint density at radius 1 is 1.24 bits per heavy atom. The van der Waals surface area contributed by atoms with Gasteiger partial charge in [-0.25, -0.2) is 0 Å². The molecule has 2 rings (SSSR count). The Hall–Kier alpha value is -0.900. The molecule has 17 heavy (non-hydrogen) atoms. The van der Waals surface area contributed by atoms with Crippen LogP contribution in [0.3, 0.4) is 0 Å². The third-order valence-electron chi connectivity index (χ3n) is 3.27. The number of piperidine rings is 1. The zero-order valence-corrected chi connectivity index (χ0v) is 10.1. The number of aliphatic hydroxyl groups excluding tert-OH is 1. The summed E-state index contributed by atoms with van der Waals surface area (Å²) in [7, 11) is 0. The molecule has 0 aliphatic carbocycles. The number of rotatable bonds is 5. The van der Waals surface area contributed by atoms with Crippen LogP contribution < -0.4 is 5.32 Å². The quantitative estimate of drug-likeness (QED) is 0.816. The Morgan fingerprint density at radius 2 is 1.94 bits per heavy atom. The third-order valence-corrected chi connectivity index (χ3v) is 3.27. The second-order valence-corrected chi connectivity index (χ2v) is 4.66. The molecule has 3 heteroatoms. The van der Waals surface area contributed by atoms with E-state index in [2.05, 4.69) is 5.32 Å². The molecule has 0 radical (unpaired) electrons. The molecule has 1 aliphatic rings. The normalized spacial score (nSPS) is 19.1. The minimum atomic E-state index is -0.502. The maximum Gasteiger partial charge on any atom is 0.102 e. The molecule has 1 saturated heterocycles. The van der Waals surface area contributed by atoms with Crippen LogP contribution in [0.1, 0.15) is 24.5 Å². The molecule has 1 unspecified atom stereocenters. The van der Waals surface area contributed by atoms with Crippen molar-refractivity contribution >= 4 is 0 Å². The molecule has 0 bridgehead atoms. The van der Waals surface area contributed by atoms with E-state index in [9.17, 15) is 5.11 Å². The number of aliphatic hydroxyl groups is 1. The van der Waals surface area contributed by atoms with E-state index in [1.807, 2.05) is 30.3 Å². The molecule has 1 aromatic rings. The first-order chi connectivity index (χ1) is 8.36. The van der Waals surface area contributed by atoms with Crippen LogP contribution in [0.15, 0.2) is 30.3 Å². The Labute approximate surface area is 103 Å². The lowest BCUT2D eigenvalue weighted by atomic mass is 9.99. The van der Waals surface area contributed by atoms with Crippen LogP contribution in [-0.4, -0.2) is 31.4 Å².